The Balaban J connectivity index is 1.85. The molecule has 1 saturated carbocycles. The second-order valence-electron chi connectivity index (χ2n) is 5.07. The van der Waals surface area contributed by atoms with Gasteiger partial charge >= 0.3 is 0 Å². The number of nitrogens with zero attached hydrogens (tertiary/aromatic N) is 3. The highest BCUT2D eigenvalue weighted by atomic mass is 19.1. The van der Waals surface area contributed by atoms with E-state index >= 15 is 0 Å². The van der Waals surface area contributed by atoms with Gasteiger partial charge in [0, 0.05) is 30.5 Å². The summed E-state index contributed by atoms with van der Waals surface area (Å²) in [6.45, 7) is 0.197. The van der Waals surface area contributed by atoms with Crippen LogP contribution in [0, 0.1) is 5.82 Å². The molecule has 5 nitrogen and oxygen atoms in total. The predicted octanol–water partition coefficient (Wildman–Crippen LogP) is 1.61. The smallest absolute Gasteiger partial charge is 0.254 e. The Morgan fingerprint density at radius 2 is 2.29 bits per heavy atom. The lowest BCUT2D eigenvalue weighted by atomic mass is 10.1. The fourth-order valence-corrected chi connectivity index (χ4v) is 2.35. The minimum absolute atomic E-state index is 0.0872. The van der Waals surface area contributed by atoms with E-state index in [9.17, 15) is 9.18 Å². The molecular weight excluding hydrogens is 273 g/mol. The molecule has 1 amide bonds. The van der Waals surface area contributed by atoms with Crippen LogP contribution >= 0.6 is 0 Å². The summed E-state index contributed by atoms with van der Waals surface area (Å²) in [6.07, 6.45) is 5.09. The molecule has 1 aliphatic carbocycles. The van der Waals surface area contributed by atoms with Crippen LogP contribution in [0.3, 0.4) is 0 Å². The maximum Gasteiger partial charge on any atom is 0.254 e. The Hall–Kier alpha value is -2.21. The first-order chi connectivity index (χ1) is 10.2. The van der Waals surface area contributed by atoms with Crippen molar-refractivity contribution in [2.45, 2.75) is 18.9 Å². The van der Waals surface area contributed by atoms with Crippen molar-refractivity contribution >= 4 is 5.91 Å². The molecule has 2 aromatic rings. The zero-order chi connectivity index (χ0) is 14.8. The lowest BCUT2D eigenvalue weighted by Crippen LogP contribution is -2.35. The van der Waals surface area contributed by atoms with Gasteiger partial charge in [-0.2, -0.15) is 5.10 Å². The Morgan fingerprint density at radius 1 is 1.48 bits per heavy atom. The van der Waals surface area contributed by atoms with Crippen molar-refractivity contribution in [3.05, 3.63) is 48.0 Å². The van der Waals surface area contributed by atoms with Crippen LogP contribution in [-0.4, -0.2) is 44.9 Å². The molecule has 1 heterocycles. The number of halogens is 1. The van der Waals surface area contributed by atoms with E-state index in [-0.39, 0.29) is 25.1 Å². The molecule has 1 aromatic carbocycles. The van der Waals surface area contributed by atoms with Crippen LogP contribution in [0.25, 0.3) is 5.69 Å². The summed E-state index contributed by atoms with van der Waals surface area (Å²) in [5.74, 6) is -0.734. The van der Waals surface area contributed by atoms with Crippen molar-refractivity contribution in [2.75, 3.05) is 13.2 Å². The van der Waals surface area contributed by atoms with Gasteiger partial charge in [-0.15, -0.1) is 0 Å². The number of aliphatic hydroxyl groups excluding tert-OH is 1. The van der Waals surface area contributed by atoms with Crippen LogP contribution < -0.4 is 0 Å². The highest BCUT2D eigenvalue weighted by molar-refractivity contribution is 5.94. The molecule has 0 radical (unpaired) electrons. The van der Waals surface area contributed by atoms with Crippen molar-refractivity contribution in [3.8, 4) is 5.69 Å². The summed E-state index contributed by atoms with van der Waals surface area (Å²) in [6, 6.07) is 6.24. The standard InChI is InChI=1S/C15H16FN3O2/c16-13-10-11(2-5-14(13)19-7-1-6-17-19)15(21)18(8-9-20)12-3-4-12/h1-2,5-7,10,12,20H,3-4,8-9H2. The van der Waals surface area contributed by atoms with Gasteiger partial charge in [-0.05, 0) is 37.1 Å². The van der Waals surface area contributed by atoms with Gasteiger partial charge in [-0.25, -0.2) is 9.07 Å². The molecule has 21 heavy (non-hydrogen) atoms. The Labute approximate surface area is 121 Å². The molecule has 0 aliphatic heterocycles. The van der Waals surface area contributed by atoms with Gasteiger partial charge in [-0.3, -0.25) is 4.79 Å². The van der Waals surface area contributed by atoms with E-state index in [2.05, 4.69) is 5.10 Å². The van der Waals surface area contributed by atoms with Gasteiger partial charge in [0.25, 0.3) is 5.91 Å². The first-order valence-corrected chi connectivity index (χ1v) is 6.92. The number of hydrogen-bond acceptors (Lipinski definition) is 3. The molecule has 0 atom stereocenters. The third kappa shape index (κ3) is 2.80. The Morgan fingerprint density at radius 3 is 2.86 bits per heavy atom. The average molecular weight is 289 g/mol. The van der Waals surface area contributed by atoms with E-state index in [0.29, 0.717) is 11.3 Å². The van der Waals surface area contributed by atoms with E-state index in [1.54, 1.807) is 35.5 Å². The van der Waals surface area contributed by atoms with Gasteiger partial charge in [0.2, 0.25) is 0 Å². The monoisotopic (exact) mass is 289 g/mol. The number of rotatable bonds is 5. The fourth-order valence-electron chi connectivity index (χ4n) is 2.35. The predicted molar refractivity (Wildman–Crippen MR) is 74.7 cm³/mol. The highest BCUT2D eigenvalue weighted by Crippen LogP contribution is 2.28. The van der Waals surface area contributed by atoms with Crippen LogP contribution in [0.15, 0.2) is 36.7 Å². The molecule has 0 saturated heterocycles. The second-order valence-corrected chi connectivity index (χ2v) is 5.07. The van der Waals surface area contributed by atoms with Crippen molar-refractivity contribution in [1.82, 2.24) is 14.7 Å². The van der Waals surface area contributed by atoms with Crippen LogP contribution in [0.4, 0.5) is 4.39 Å². The quantitative estimate of drug-likeness (QED) is 0.909. The van der Waals surface area contributed by atoms with Crippen molar-refractivity contribution in [3.63, 3.8) is 0 Å². The van der Waals surface area contributed by atoms with Gasteiger partial charge < -0.3 is 10.0 Å². The third-order valence-electron chi connectivity index (χ3n) is 3.54. The van der Waals surface area contributed by atoms with Crippen LogP contribution in [0.1, 0.15) is 23.2 Å². The number of hydrogen-bond donors (Lipinski definition) is 1. The Kier molecular flexibility index (Phi) is 3.70. The topological polar surface area (TPSA) is 58.4 Å². The summed E-state index contributed by atoms with van der Waals surface area (Å²) in [5, 5.41) is 13.0. The van der Waals surface area contributed by atoms with Gasteiger partial charge in [0.15, 0.2) is 0 Å². The minimum atomic E-state index is -0.496. The molecule has 3 rings (SSSR count). The molecule has 0 unspecified atom stereocenters. The van der Waals surface area contributed by atoms with Crippen molar-refractivity contribution < 1.29 is 14.3 Å². The zero-order valence-corrected chi connectivity index (χ0v) is 11.4. The zero-order valence-electron chi connectivity index (χ0n) is 11.4. The molecule has 1 aliphatic rings. The van der Waals surface area contributed by atoms with Gasteiger partial charge in [0.1, 0.15) is 11.5 Å². The lowest BCUT2D eigenvalue weighted by molar-refractivity contribution is 0.0707. The number of carbonyl (C=O) groups excluding carboxylic acids is 1. The molecule has 1 fully saturated rings. The Bertz CT molecular complexity index is 638. The molecule has 1 N–H and O–H groups in total. The SMILES string of the molecule is O=C(c1ccc(-n2cccn2)c(F)c1)N(CCO)C1CC1. The molecule has 0 spiro atoms. The van der Waals surface area contributed by atoms with Crippen molar-refractivity contribution in [1.29, 1.82) is 0 Å². The van der Waals surface area contributed by atoms with Crippen LogP contribution in [0.5, 0.6) is 0 Å². The molecular formula is C15H16FN3O2. The number of amides is 1. The number of aliphatic hydroxyl groups is 1. The number of aromatic nitrogens is 2. The number of carbonyl (C=O) groups is 1. The summed E-state index contributed by atoms with van der Waals surface area (Å²) < 4.78 is 15.6. The summed E-state index contributed by atoms with van der Waals surface area (Å²) in [4.78, 5) is 14.0. The van der Waals surface area contributed by atoms with Crippen molar-refractivity contribution in [2.24, 2.45) is 0 Å². The first kappa shape index (κ1) is 13.8. The molecule has 1 aromatic heterocycles. The van der Waals surface area contributed by atoms with Crippen LogP contribution in [0.2, 0.25) is 0 Å². The summed E-state index contributed by atoms with van der Waals surface area (Å²) >= 11 is 0. The van der Waals surface area contributed by atoms with Gasteiger partial charge in [0.05, 0.1) is 6.61 Å². The molecule has 110 valence electrons. The molecule has 0 bridgehead atoms. The van der Waals surface area contributed by atoms with E-state index in [4.69, 9.17) is 5.11 Å². The highest BCUT2D eigenvalue weighted by Gasteiger charge is 2.32. The normalized spacial score (nSPS) is 14.2. The first-order valence-electron chi connectivity index (χ1n) is 6.92. The minimum Gasteiger partial charge on any atom is -0.395 e. The maximum atomic E-state index is 14.2. The number of benzene rings is 1. The lowest BCUT2D eigenvalue weighted by Gasteiger charge is -2.21. The second kappa shape index (κ2) is 5.65. The fraction of sp³-hybridized carbons (Fsp3) is 0.333. The summed E-state index contributed by atoms with van der Waals surface area (Å²) in [5.41, 5.74) is 0.598. The van der Waals surface area contributed by atoms with E-state index in [1.807, 2.05) is 0 Å². The average Bonchev–Trinajstić information content (AvgIpc) is 3.18. The summed E-state index contributed by atoms with van der Waals surface area (Å²) in [7, 11) is 0. The molecule has 6 heteroatoms. The maximum absolute atomic E-state index is 14.2. The van der Waals surface area contributed by atoms with E-state index in [1.165, 1.54) is 10.7 Å². The van der Waals surface area contributed by atoms with E-state index < -0.39 is 5.82 Å². The largest absolute Gasteiger partial charge is 0.395 e. The van der Waals surface area contributed by atoms with Crippen LogP contribution in [-0.2, 0) is 0 Å². The van der Waals surface area contributed by atoms with E-state index in [0.717, 1.165) is 12.8 Å². The van der Waals surface area contributed by atoms with Gasteiger partial charge in [-0.1, -0.05) is 0 Å². The third-order valence-corrected chi connectivity index (χ3v) is 3.54.